The summed E-state index contributed by atoms with van der Waals surface area (Å²) in [6.07, 6.45) is 7.25. The van der Waals surface area contributed by atoms with Crippen LogP contribution in [0.25, 0.3) is 0 Å². The van der Waals surface area contributed by atoms with Gasteiger partial charge in [-0.1, -0.05) is 18.0 Å². The van der Waals surface area contributed by atoms with Crippen LogP contribution in [0.3, 0.4) is 0 Å². The Morgan fingerprint density at radius 2 is 2.13 bits per heavy atom. The van der Waals surface area contributed by atoms with Crippen LogP contribution >= 0.6 is 0 Å². The Morgan fingerprint density at radius 3 is 2.73 bits per heavy atom. The van der Waals surface area contributed by atoms with Gasteiger partial charge in [0.25, 0.3) is 0 Å². The van der Waals surface area contributed by atoms with Gasteiger partial charge in [-0.15, -0.1) is 0 Å². The van der Waals surface area contributed by atoms with Gasteiger partial charge in [0.2, 0.25) is 0 Å². The number of oxime groups is 1. The SMILES string of the molecule is CN(CCCC(N)=NO)CC1CCCC1. The third kappa shape index (κ3) is 5.02. The lowest BCUT2D eigenvalue weighted by Crippen LogP contribution is -2.26. The molecule has 0 amide bonds. The van der Waals surface area contributed by atoms with Gasteiger partial charge in [-0.2, -0.15) is 0 Å². The summed E-state index contributed by atoms with van der Waals surface area (Å²) in [5, 5.41) is 11.3. The maximum absolute atomic E-state index is 8.38. The van der Waals surface area contributed by atoms with Gasteiger partial charge in [-0.3, -0.25) is 0 Å². The fourth-order valence-electron chi connectivity index (χ4n) is 2.31. The molecule has 4 nitrogen and oxygen atoms in total. The van der Waals surface area contributed by atoms with E-state index in [0.29, 0.717) is 12.3 Å². The van der Waals surface area contributed by atoms with Crippen LogP contribution in [0.4, 0.5) is 0 Å². The highest BCUT2D eigenvalue weighted by Crippen LogP contribution is 2.25. The van der Waals surface area contributed by atoms with Crippen molar-refractivity contribution in [1.82, 2.24) is 4.90 Å². The lowest BCUT2D eigenvalue weighted by molar-refractivity contribution is 0.275. The Morgan fingerprint density at radius 1 is 1.47 bits per heavy atom. The molecule has 0 heterocycles. The Kier molecular flexibility index (Phi) is 5.47. The van der Waals surface area contributed by atoms with Gasteiger partial charge in [0.15, 0.2) is 0 Å². The van der Waals surface area contributed by atoms with E-state index in [-0.39, 0.29) is 0 Å². The number of amidine groups is 1. The van der Waals surface area contributed by atoms with Crippen molar-refractivity contribution in [2.45, 2.75) is 38.5 Å². The van der Waals surface area contributed by atoms with Crippen LogP contribution in [0, 0.1) is 5.92 Å². The minimum absolute atomic E-state index is 0.337. The Hall–Kier alpha value is -0.770. The van der Waals surface area contributed by atoms with E-state index < -0.39 is 0 Å². The van der Waals surface area contributed by atoms with Crippen molar-refractivity contribution in [2.75, 3.05) is 20.1 Å². The second-order valence-electron chi connectivity index (χ2n) is 4.61. The number of rotatable bonds is 6. The summed E-state index contributed by atoms with van der Waals surface area (Å²) in [6, 6.07) is 0. The van der Waals surface area contributed by atoms with Crippen molar-refractivity contribution < 1.29 is 5.21 Å². The molecule has 1 saturated carbocycles. The summed E-state index contributed by atoms with van der Waals surface area (Å²) >= 11 is 0. The monoisotopic (exact) mass is 213 g/mol. The van der Waals surface area contributed by atoms with E-state index in [2.05, 4.69) is 17.1 Å². The molecular formula is C11H23N3O. The van der Waals surface area contributed by atoms with E-state index in [4.69, 9.17) is 10.9 Å². The lowest BCUT2D eigenvalue weighted by Gasteiger charge is -2.20. The topological polar surface area (TPSA) is 61.8 Å². The minimum atomic E-state index is 0.337. The number of nitrogens with two attached hydrogens (primary N) is 1. The summed E-state index contributed by atoms with van der Waals surface area (Å²) in [5.41, 5.74) is 5.40. The van der Waals surface area contributed by atoms with Crippen LogP contribution in [0.5, 0.6) is 0 Å². The van der Waals surface area contributed by atoms with Crippen LogP contribution in [0.2, 0.25) is 0 Å². The molecule has 0 unspecified atom stereocenters. The molecule has 0 saturated heterocycles. The number of nitrogens with zero attached hydrogens (tertiary/aromatic N) is 2. The molecule has 1 aliphatic carbocycles. The van der Waals surface area contributed by atoms with Crippen molar-refractivity contribution in [1.29, 1.82) is 0 Å². The zero-order valence-corrected chi connectivity index (χ0v) is 9.65. The van der Waals surface area contributed by atoms with Gasteiger partial charge in [-0.05, 0) is 38.8 Å². The molecule has 0 bridgehead atoms. The smallest absolute Gasteiger partial charge is 0.139 e. The van der Waals surface area contributed by atoms with E-state index in [1.54, 1.807) is 0 Å². The number of hydrogen-bond acceptors (Lipinski definition) is 3. The largest absolute Gasteiger partial charge is 0.409 e. The third-order valence-corrected chi connectivity index (χ3v) is 3.15. The van der Waals surface area contributed by atoms with E-state index in [1.165, 1.54) is 32.2 Å². The van der Waals surface area contributed by atoms with Crippen LogP contribution in [-0.4, -0.2) is 36.1 Å². The van der Waals surface area contributed by atoms with Gasteiger partial charge in [0, 0.05) is 13.0 Å². The highest BCUT2D eigenvalue weighted by molar-refractivity contribution is 5.79. The van der Waals surface area contributed by atoms with Crippen LogP contribution in [0.15, 0.2) is 5.16 Å². The van der Waals surface area contributed by atoms with Gasteiger partial charge < -0.3 is 15.8 Å². The standard InChI is InChI=1S/C11H23N3O/c1-14(8-4-7-11(12)13-15)9-10-5-2-3-6-10/h10,15H,2-9H2,1H3,(H2,12,13). The molecule has 88 valence electrons. The molecule has 1 fully saturated rings. The average Bonchev–Trinajstić information content (AvgIpc) is 2.70. The molecule has 1 rings (SSSR count). The molecule has 0 atom stereocenters. The van der Waals surface area contributed by atoms with Crippen molar-refractivity contribution >= 4 is 5.84 Å². The zero-order valence-electron chi connectivity index (χ0n) is 9.65. The highest BCUT2D eigenvalue weighted by atomic mass is 16.4. The maximum Gasteiger partial charge on any atom is 0.139 e. The number of hydrogen-bond donors (Lipinski definition) is 2. The van der Waals surface area contributed by atoms with Crippen molar-refractivity contribution in [3.05, 3.63) is 0 Å². The molecule has 0 spiro atoms. The predicted molar refractivity (Wildman–Crippen MR) is 62.1 cm³/mol. The molecule has 15 heavy (non-hydrogen) atoms. The van der Waals surface area contributed by atoms with Gasteiger partial charge >= 0.3 is 0 Å². The first-order chi connectivity index (χ1) is 7.22. The van der Waals surface area contributed by atoms with E-state index >= 15 is 0 Å². The summed E-state index contributed by atoms with van der Waals surface area (Å²) < 4.78 is 0. The first-order valence-electron chi connectivity index (χ1n) is 5.87. The van der Waals surface area contributed by atoms with E-state index in [9.17, 15) is 0 Å². The third-order valence-electron chi connectivity index (χ3n) is 3.15. The minimum Gasteiger partial charge on any atom is -0.409 e. The first kappa shape index (κ1) is 12.3. The van der Waals surface area contributed by atoms with Crippen molar-refractivity contribution in [3.8, 4) is 0 Å². The summed E-state index contributed by atoms with van der Waals surface area (Å²) in [5.74, 6) is 1.24. The molecule has 4 heteroatoms. The summed E-state index contributed by atoms with van der Waals surface area (Å²) in [6.45, 7) is 2.24. The molecule has 0 aliphatic heterocycles. The molecule has 0 aromatic carbocycles. The summed E-state index contributed by atoms with van der Waals surface area (Å²) in [7, 11) is 2.16. The van der Waals surface area contributed by atoms with Crippen LogP contribution < -0.4 is 5.73 Å². The van der Waals surface area contributed by atoms with Crippen LogP contribution in [-0.2, 0) is 0 Å². The molecule has 0 aromatic heterocycles. The predicted octanol–water partition coefficient (Wildman–Crippen LogP) is 1.63. The van der Waals surface area contributed by atoms with Crippen molar-refractivity contribution in [2.24, 2.45) is 16.8 Å². The van der Waals surface area contributed by atoms with E-state index in [0.717, 1.165) is 18.9 Å². The average molecular weight is 213 g/mol. The van der Waals surface area contributed by atoms with Crippen molar-refractivity contribution in [3.63, 3.8) is 0 Å². The second-order valence-corrected chi connectivity index (χ2v) is 4.61. The van der Waals surface area contributed by atoms with Gasteiger partial charge in [-0.25, -0.2) is 0 Å². The van der Waals surface area contributed by atoms with Crippen LogP contribution in [0.1, 0.15) is 38.5 Å². The Bertz CT molecular complexity index is 200. The molecular weight excluding hydrogens is 190 g/mol. The maximum atomic E-state index is 8.38. The first-order valence-corrected chi connectivity index (χ1v) is 5.87. The van der Waals surface area contributed by atoms with Gasteiger partial charge in [0.05, 0.1) is 0 Å². The lowest BCUT2D eigenvalue weighted by atomic mass is 10.1. The Balaban J connectivity index is 2.05. The fraction of sp³-hybridized carbons (Fsp3) is 0.909. The molecule has 0 radical (unpaired) electrons. The highest BCUT2D eigenvalue weighted by Gasteiger charge is 2.16. The molecule has 3 N–H and O–H groups in total. The summed E-state index contributed by atoms with van der Waals surface area (Å²) in [4.78, 5) is 2.36. The van der Waals surface area contributed by atoms with E-state index in [1.807, 2.05) is 0 Å². The quantitative estimate of drug-likeness (QED) is 0.305. The second kappa shape index (κ2) is 6.67. The normalized spacial score (nSPS) is 18.9. The Labute approximate surface area is 92.1 Å². The van der Waals surface area contributed by atoms with Gasteiger partial charge in [0.1, 0.15) is 5.84 Å². The fourth-order valence-corrected chi connectivity index (χ4v) is 2.31. The molecule has 0 aromatic rings. The molecule has 1 aliphatic rings. The zero-order chi connectivity index (χ0) is 11.1.